The number of ether oxygens (including phenoxy) is 1. The van der Waals surface area contributed by atoms with Gasteiger partial charge in [0.2, 0.25) is 0 Å². The van der Waals surface area contributed by atoms with Gasteiger partial charge < -0.3 is 4.74 Å². The second kappa shape index (κ2) is 6.45. The lowest BCUT2D eigenvalue weighted by molar-refractivity contribution is -0.146. The molecule has 0 aromatic heterocycles. The summed E-state index contributed by atoms with van der Waals surface area (Å²) in [5, 5.41) is 0. The van der Waals surface area contributed by atoms with Crippen molar-refractivity contribution in [1.82, 2.24) is 0 Å². The Balaban J connectivity index is 2.83. The van der Waals surface area contributed by atoms with Crippen LogP contribution in [0.3, 0.4) is 0 Å². The summed E-state index contributed by atoms with van der Waals surface area (Å²) in [6.07, 6.45) is -0.304. The van der Waals surface area contributed by atoms with Crippen LogP contribution in [-0.4, -0.2) is 15.5 Å². The maximum Gasteiger partial charge on any atom is 0.303 e. The summed E-state index contributed by atoms with van der Waals surface area (Å²) in [4.78, 5) is 11.0. The molecule has 0 aliphatic rings. The molecule has 1 rings (SSSR count). The zero-order valence-corrected chi connectivity index (χ0v) is 12.1. The number of hydrogen-bond acceptors (Lipinski definition) is 2. The molecule has 0 aliphatic heterocycles. The van der Waals surface area contributed by atoms with Crippen LogP contribution in [0.5, 0.6) is 0 Å². The van der Waals surface area contributed by atoms with Crippen molar-refractivity contribution in [3.8, 4) is 0 Å². The lowest BCUT2D eigenvalue weighted by Gasteiger charge is -2.25. The van der Waals surface area contributed by atoms with E-state index in [-0.39, 0.29) is 21.4 Å². The van der Waals surface area contributed by atoms with Gasteiger partial charge in [-0.05, 0) is 5.56 Å². The summed E-state index contributed by atoms with van der Waals surface area (Å²) in [7, 11) is 0. The number of halogens is 2. The van der Waals surface area contributed by atoms with Crippen LogP contribution in [0, 0.1) is 0 Å². The summed E-state index contributed by atoms with van der Waals surface area (Å²) in [6.45, 7) is 3.41. The highest BCUT2D eigenvalue weighted by Gasteiger charge is 2.27. The van der Waals surface area contributed by atoms with E-state index in [0.717, 1.165) is 5.56 Å². The highest BCUT2D eigenvalue weighted by Crippen LogP contribution is 2.29. The minimum absolute atomic E-state index is 0.0875. The average Bonchev–Trinajstić information content (AvgIpc) is 2.25. The molecule has 88 valence electrons. The van der Waals surface area contributed by atoms with Crippen LogP contribution >= 0.6 is 34.2 Å². The highest BCUT2D eigenvalue weighted by atomic mass is 127. The van der Waals surface area contributed by atoms with E-state index in [9.17, 15) is 4.79 Å². The quantitative estimate of drug-likeness (QED) is 0.469. The van der Waals surface area contributed by atoms with Crippen molar-refractivity contribution in [2.24, 2.45) is 0 Å². The maximum atomic E-state index is 11.0. The normalized spacial score (nSPS) is 16.2. The number of rotatable bonds is 4. The van der Waals surface area contributed by atoms with Crippen molar-refractivity contribution in [2.75, 3.05) is 0 Å². The molecule has 16 heavy (non-hydrogen) atoms. The van der Waals surface area contributed by atoms with Gasteiger partial charge in [0.15, 0.2) is 0 Å². The minimum atomic E-state index is -0.304. The van der Waals surface area contributed by atoms with Crippen LogP contribution in [0.1, 0.15) is 25.3 Å². The van der Waals surface area contributed by atoms with Crippen molar-refractivity contribution in [3.63, 3.8) is 0 Å². The van der Waals surface area contributed by atoms with E-state index in [1.54, 1.807) is 0 Å². The molecule has 0 amide bonds. The Morgan fingerprint density at radius 1 is 1.38 bits per heavy atom. The first-order valence-corrected chi connectivity index (χ1v) is 6.71. The van der Waals surface area contributed by atoms with Gasteiger partial charge in [-0.3, -0.25) is 4.79 Å². The fourth-order valence-electron chi connectivity index (χ4n) is 1.51. The number of carbonyl (C=O) groups is 1. The largest absolute Gasteiger partial charge is 0.459 e. The molecule has 2 nitrogen and oxygen atoms in total. The second-order valence-electron chi connectivity index (χ2n) is 3.61. The third kappa shape index (κ3) is 3.94. The van der Waals surface area contributed by atoms with E-state index < -0.39 is 0 Å². The number of carbonyl (C=O) groups excluding carboxylic acids is 1. The van der Waals surface area contributed by atoms with Crippen molar-refractivity contribution in [1.29, 1.82) is 0 Å². The van der Waals surface area contributed by atoms with Crippen molar-refractivity contribution in [2.45, 2.75) is 29.3 Å². The Kier molecular flexibility index (Phi) is 5.55. The Hall–Kier alpha value is -0.290. The lowest BCUT2D eigenvalue weighted by Crippen LogP contribution is -2.28. The van der Waals surface area contributed by atoms with Crippen LogP contribution < -0.4 is 0 Å². The summed E-state index contributed by atoms with van der Waals surface area (Å²) in [6, 6.07) is 9.91. The van der Waals surface area contributed by atoms with E-state index in [1.807, 2.05) is 37.3 Å². The van der Waals surface area contributed by atoms with Gasteiger partial charge in [0.05, 0.1) is 0 Å². The van der Waals surface area contributed by atoms with Crippen LogP contribution in [0.15, 0.2) is 30.3 Å². The number of benzene rings is 1. The zero-order chi connectivity index (χ0) is 12.1. The van der Waals surface area contributed by atoms with Gasteiger partial charge in [-0.25, -0.2) is 0 Å². The third-order valence-electron chi connectivity index (χ3n) is 2.37. The third-order valence-corrected chi connectivity index (χ3v) is 3.33. The molecule has 0 N–H and O–H groups in total. The standard InChI is InChI=1S/C12H14ClIO2/c1-8(10-6-4-3-5-7-10)11(12(13)14)16-9(2)15/h3-8,11-12H,1-2H3. The van der Waals surface area contributed by atoms with Gasteiger partial charge in [0, 0.05) is 12.8 Å². The van der Waals surface area contributed by atoms with E-state index in [2.05, 4.69) is 22.6 Å². The number of hydrogen-bond donors (Lipinski definition) is 0. The fraction of sp³-hybridized carbons (Fsp3) is 0.417. The number of alkyl halides is 2. The van der Waals surface area contributed by atoms with Crippen LogP contribution in [-0.2, 0) is 9.53 Å². The van der Waals surface area contributed by atoms with E-state index in [0.29, 0.717) is 0 Å². The Morgan fingerprint density at radius 3 is 2.38 bits per heavy atom. The molecule has 0 saturated carbocycles. The molecule has 1 aromatic rings. The van der Waals surface area contributed by atoms with Crippen molar-refractivity contribution in [3.05, 3.63) is 35.9 Å². The molecule has 0 spiro atoms. The SMILES string of the molecule is CC(=O)OC(C(Cl)I)C(C)c1ccccc1. The van der Waals surface area contributed by atoms with Gasteiger partial charge >= 0.3 is 5.97 Å². The summed E-state index contributed by atoms with van der Waals surface area (Å²) >= 11 is 8.11. The van der Waals surface area contributed by atoms with Crippen LogP contribution in [0.4, 0.5) is 0 Å². The topological polar surface area (TPSA) is 26.3 Å². The van der Waals surface area contributed by atoms with E-state index in [4.69, 9.17) is 16.3 Å². The molecule has 1 aromatic carbocycles. The molecule has 3 unspecified atom stereocenters. The maximum absolute atomic E-state index is 11.0. The van der Waals surface area contributed by atoms with Crippen LogP contribution in [0.2, 0.25) is 0 Å². The first kappa shape index (κ1) is 13.8. The second-order valence-corrected chi connectivity index (χ2v) is 6.16. The first-order valence-electron chi connectivity index (χ1n) is 5.02. The minimum Gasteiger partial charge on any atom is -0.459 e. The molecule has 0 heterocycles. The average molecular weight is 353 g/mol. The zero-order valence-electron chi connectivity index (χ0n) is 9.19. The van der Waals surface area contributed by atoms with E-state index >= 15 is 0 Å². The molecule has 4 heteroatoms. The molecule has 3 atom stereocenters. The van der Waals surface area contributed by atoms with Gasteiger partial charge in [-0.15, -0.1) is 11.6 Å². The molecule has 0 bridgehead atoms. The Labute approximate surface area is 114 Å². The van der Waals surface area contributed by atoms with Gasteiger partial charge in [0.1, 0.15) is 9.49 Å². The van der Waals surface area contributed by atoms with Gasteiger partial charge in [-0.1, -0.05) is 59.8 Å². The summed E-state index contributed by atoms with van der Waals surface area (Å²) in [5.41, 5.74) is 1.12. The van der Waals surface area contributed by atoms with Crippen molar-refractivity contribution >= 4 is 40.2 Å². The Morgan fingerprint density at radius 2 is 1.94 bits per heavy atom. The predicted molar refractivity (Wildman–Crippen MR) is 74.1 cm³/mol. The molecule has 0 radical (unpaired) electrons. The van der Waals surface area contributed by atoms with Gasteiger partial charge in [-0.2, -0.15) is 0 Å². The monoisotopic (exact) mass is 352 g/mol. The molecular formula is C12H14ClIO2. The van der Waals surface area contributed by atoms with Crippen LogP contribution in [0.25, 0.3) is 0 Å². The highest BCUT2D eigenvalue weighted by molar-refractivity contribution is 14.1. The van der Waals surface area contributed by atoms with Crippen molar-refractivity contribution < 1.29 is 9.53 Å². The first-order chi connectivity index (χ1) is 7.52. The molecule has 0 aliphatic carbocycles. The van der Waals surface area contributed by atoms with Gasteiger partial charge in [0.25, 0.3) is 0 Å². The summed E-state index contributed by atoms with van der Waals surface area (Å²) in [5.74, 6) is -0.209. The Bertz CT molecular complexity index is 340. The van der Waals surface area contributed by atoms with E-state index in [1.165, 1.54) is 6.92 Å². The molecular weight excluding hydrogens is 338 g/mol. The molecule has 0 fully saturated rings. The summed E-state index contributed by atoms with van der Waals surface area (Å²) < 4.78 is 5.01. The lowest BCUT2D eigenvalue weighted by atomic mass is 9.96. The predicted octanol–water partition coefficient (Wildman–Crippen LogP) is 3.72. The number of esters is 1. The smallest absolute Gasteiger partial charge is 0.303 e. The molecule has 0 saturated heterocycles. The fourth-order valence-corrected chi connectivity index (χ4v) is 2.55.